The maximum Gasteiger partial charge on any atom is 0.407 e. The number of aliphatic carboxylic acids is 1. The van der Waals surface area contributed by atoms with Crippen molar-refractivity contribution in [2.24, 2.45) is 0 Å². The van der Waals surface area contributed by atoms with Gasteiger partial charge in [-0.2, -0.15) is 0 Å². The molecule has 2 atom stereocenters. The van der Waals surface area contributed by atoms with Gasteiger partial charge in [0, 0.05) is 5.92 Å². The SMILES string of the molecule is CCCCC(NC(=O)OCC1c2ccccc2-c2ccccc21)C(=O)N[C@H](CO)C(=O)O. The molecule has 2 aromatic carbocycles. The second-order valence-electron chi connectivity index (χ2n) is 7.75. The van der Waals surface area contributed by atoms with E-state index in [1.807, 2.05) is 55.5 Å². The topological polar surface area (TPSA) is 125 Å². The third kappa shape index (κ3) is 5.26. The number of fused-ring (bicyclic) bond motifs is 3. The summed E-state index contributed by atoms with van der Waals surface area (Å²) in [7, 11) is 0. The Labute approximate surface area is 186 Å². The third-order valence-electron chi connectivity index (χ3n) is 5.60. The number of carbonyl (C=O) groups excluding carboxylic acids is 2. The second kappa shape index (κ2) is 10.8. The molecular weight excluding hydrogens is 412 g/mol. The highest BCUT2D eigenvalue weighted by atomic mass is 16.5. The number of carbonyl (C=O) groups is 3. The van der Waals surface area contributed by atoms with Crippen LogP contribution in [0.4, 0.5) is 4.79 Å². The summed E-state index contributed by atoms with van der Waals surface area (Å²) < 4.78 is 5.48. The van der Waals surface area contributed by atoms with Gasteiger partial charge in [-0.3, -0.25) is 4.79 Å². The number of amides is 2. The van der Waals surface area contributed by atoms with Crippen LogP contribution in [0.1, 0.15) is 43.2 Å². The Bertz CT molecular complexity index is 931. The molecule has 1 aliphatic rings. The number of unbranched alkanes of at least 4 members (excludes halogenated alkanes) is 1. The first-order valence-electron chi connectivity index (χ1n) is 10.7. The molecule has 4 N–H and O–H groups in total. The molecule has 8 heteroatoms. The summed E-state index contributed by atoms with van der Waals surface area (Å²) in [6.07, 6.45) is 1.01. The van der Waals surface area contributed by atoms with Crippen LogP contribution < -0.4 is 10.6 Å². The molecule has 2 amide bonds. The fraction of sp³-hybridized carbons (Fsp3) is 0.375. The molecule has 0 aliphatic heterocycles. The predicted octanol–water partition coefficient (Wildman–Crippen LogP) is 2.65. The molecule has 2 aromatic rings. The van der Waals surface area contributed by atoms with Crippen molar-refractivity contribution < 1.29 is 29.3 Å². The summed E-state index contributed by atoms with van der Waals surface area (Å²) in [4.78, 5) is 36.1. The molecule has 1 aliphatic carbocycles. The van der Waals surface area contributed by atoms with Gasteiger partial charge in [-0.05, 0) is 28.7 Å². The fourth-order valence-corrected chi connectivity index (χ4v) is 3.92. The van der Waals surface area contributed by atoms with Crippen LogP contribution in [0.25, 0.3) is 11.1 Å². The molecule has 0 bridgehead atoms. The molecular formula is C24H28N2O6. The number of aliphatic hydroxyl groups excluding tert-OH is 1. The van der Waals surface area contributed by atoms with Crippen molar-refractivity contribution in [3.05, 3.63) is 59.7 Å². The van der Waals surface area contributed by atoms with Crippen molar-refractivity contribution in [2.45, 2.75) is 44.2 Å². The van der Waals surface area contributed by atoms with Crippen molar-refractivity contribution in [3.63, 3.8) is 0 Å². The van der Waals surface area contributed by atoms with Crippen LogP contribution in [0.15, 0.2) is 48.5 Å². The number of rotatable bonds is 10. The number of benzene rings is 2. The fourth-order valence-electron chi connectivity index (χ4n) is 3.92. The van der Waals surface area contributed by atoms with Crippen molar-refractivity contribution in [2.75, 3.05) is 13.2 Å². The molecule has 0 fully saturated rings. The number of nitrogens with one attached hydrogen (secondary N) is 2. The first-order chi connectivity index (χ1) is 15.5. The van der Waals surface area contributed by atoms with Gasteiger partial charge in [0.2, 0.25) is 5.91 Å². The lowest BCUT2D eigenvalue weighted by Gasteiger charge is -2.21. The molecule has 0 saturated heterocycles. The summed E-state index contributed by atoms with van der Waals surface area (Å²) in [6, 6.07) is 13.6. The van der Waals surface area contributed by atoms with Gasteiger partial charge in [0.05, 0.1) is 6.61 Å². The minimum absolute atomic E-state index is 0.108. The number of alkyl carbamates (subject to hydrolysis) is 1. The minimum Gasteiger partial charge on any atom is -0.480 e. The van der Waals surface area contributed by atoms with E-state index < -0.39 is 36.7 Å². The van der Waals surface area contributed by atoms with Crippen LogP contribution >= 0.6 is 0 Å². The average Bonchev–Trinajstić information content (AvgIpc) is 3.12. The van der Waals surface area contributed by atoms with Gasteiger partial charge >= 0.3 is 12.1 Å². The van der Waals surface area contributed by atoms with Crippen LogP contribution in [0.3, 0.4) is 0 Å². The summed E-state index contributed by atoms with van der Waals surface area (Å²) in [5, 5.41) is 23.0. The normalized spacial score (nSPS) is 14.1. The van der Waals surface area contributed by atoms with Gasteiger partial charge in [-0.25, -0.2) is 9.59 Å². The Hall–Kier alpha value is -3.39. The van der Waals surface area contributed by atoms with Crippen LogP contribution in [0.2, 0.25) is 0 Å². The number of aliphatic hydroxyl groups is 1. The van der Waals surface area contributed by atoms with Crippen molar-refractivity contribution in [1.29, 1.82) is 0 Å². The van der Waals surface area contributed by atoms with Gasteiger partial charge in [0.25, 0.3) is 0 Å². The molecule has 0 spiro atoms. The second-order valence-corrected chi connectivity index (χ2v) is 7.75. The summed E-state index contributed by atoms with van der Waals surface area (Å²) in [5.74, 6) is -2.13. The van der Waals surface area contributed by atoms with Crippen LogP contribution in [0, 0.1) is 0 Å². The molecule has 0 aromatic heterocycles. The van der Waals surface area contributed by atoms with Gasteiger partial charge in [0.15, 0.2) is 0 Å². The van der Waals surface area contributed by atoms with E-state index in [0.29, 0.717) is 12.8 Å². The van der Waals surface area contributed by atoms with Crippen molar-refractivity contribution in [1.82, 2.24) is 10.6 Å². The lowest BCUT2D eigenvalue weighted by Crippen LogP contribution is -2.52. The zero-order chi connectivity index (χ0) is 23.1. The van der Waals surface area contributed by atoms with Crippen molar-refractivity contribution >= 4 is 18.0 Å². The molecule has 32 heavy (non-hydrogen) atoms. The third-order valence-corrected chi connectivity index (χ3v) is 5.60. The van der Waals surface area contributed by atoms with E-state index in [1.54, 1.807) is 0 Å². The summed E-state index contributed by atoms with van der Waals surface area (Å²) in [5.41, 5.74) is 4.38. The molecule has 1 unspecified atom stereocenters. The summed E-state index contributed by atoms with van der Waals surface area (Å²) in [6.45, 7) is 1.30. The van der Waals surface area contributed by atoms with Crippen molar-refractivity contribution in [3.8, 4) is 11.1 Å². The lowest BCUT2D eigenvalue weighted by molar-refractivity contribution is -0.143. The maximum absolute atomic E-state index is 12.5. The van der Waals surface area contributed by atoms with Gasteiger partial charge in [-0.15, -0.1) is 0 Å². The maximum atomic E-state index is 12.5. The van der Waals surface area contributed by atoms with Crippen LogP contribution in [-0.4, -0.2) is 53.5 Å². The van der Waals surface area contributed by atoms with E-state index in [-0.39, 0.29) is 12.5 Å². The van der Waals surface area contributed by atoms with Gasteiger partial charge in [0.1, 0.15) is 18.7 Å². The zero-order valence-corrected chi connectivity index (χ0v) is 17.9. The Balaban J connectivity index is 1.65. The zero-order valence-electron chi connectivity index (χ0n) is 17.9. The van der Waals surface area contributed by atoms with Crippen LogP contribution in [-0.2, 0) is 14.3 Å². The molecule has 0 saturated carbocycles. The largest absolute Gasteiger partial charge is 0.480 e. The van der Waals surface area contributed by atoms with E-state index in [0.717, 1.165) is 28.7 Å². The van der Waals surface area contributed by atoms with Gasteiger partial charge in [-0.1, -0.05) is 68.3 Å². The van der Waals surface area contributed by atoms with Crippen LogP contribution in [0.5, 0.6) is 0 Å². The average molecular weight is 440 g/mol. The first-order valence-corrected chi connectivity index (χ1v) is 10.7. The van der Waals surface area contributed by atoms with E-state index in [4.69, 9.17) is 14.9 Å². The number of carboxylic acids is 1. The Morgan fingerprint density at radius 1 is 0.969 bits per heavy atom. The number of hydrogen-bond acceptors (Lipinski definition) is 5. The highest BCUT2D eigenvalue weighted by Gasteiger charge is 2.30. The van der Waals surface area contributed by atoms with E-state index >= 15 is 0 Å². The Morgan fingerprint density at radius 2 is 1.56 bits per heavy atom. The monoisotopic (exact) mass is 440 g/mol. The molecule has 170 valence electrons. The van der Waals surface area contributed by atoms with E-state index in [9.17, 15) is 14.4 Å². The molecule has 3 rings (SSSR count). The Kier molecular flexibility index (Phi) is 7.83. The lowest BCUT2D eigenvalue weighted by atomic mass is 9.98. The number of hydrogen-bond donors (Lipinski definition) is 4. The molecule has 8 nitrogen and oxygen atoms in total. The standard InChI is InChI=1S/C24H28N2O6/c1-2-3-12-20(22(28)25-21(13-27)23(29)30)26-24(31)32-14-19-17-10-6-4-8-15(17)16-9-5-7-11-18(16)19/h4-11,19-21,27H,2-3,12-14H2,1H3,(H,25,28)(H,26,31)(H,29,30)/t20?,21-/m1/s1. The molecule has 0 heterocycles. The first kappa shape index (κ1) is 23.3. The number of ether oxygens (including phenoxy) is 1. The van der Waals surface area contributed by atoms with E-state index in [1.165, 1.54) is 0 Å². The smallest absolute Gasteiger partial charge is 0.407 e. The number of carboxylic acid groups (broad SMARTS) is 1. The quantitative estimate of drug-likeness (QED) is 0.450. The molecule has 0 radical (unpaired) electrons. The highest BCUT2D eigenvalue weighted by Crippen LogP contribution is 2.44. The predicted molar refractivity (Wildman–Crippen MR) is 118 cm³/mol. The minimum atomic E-state index is -1.43. The highest BCUT2D eigenvalue weighted by molar-refractivity contribution is 5.89. The Morgan fingerprint density at radius 3 is 2.09 bits per heavy atom. The van der Waals surface area contributed by atoms with Gasteiger partial charge < -0.3 is 25.6 Å². The van der Waals surface area contributed by atoms with E-state index in [2.05, 4.69) is 10.6 Å². The summed E-state index contributed by atoms with van der Waals surface area (Å²) >= 11 is 0.